The second-order valence-corrected chi connectivity index (χ2v) is 20.9. The molecule has 0 saturated carbocycles. The zero-order valence-corrected chi connectivity index (χ0v) is 41.0. The number of hydrogen-bond donors (Lipinski definition) is 0. The van der Waals surface area contributed by atoms with Gasteiger partial charge in [0.05, 0.1) is 11.0 Å². The van der Waals surface area contributed by atoms with E-state index < -0.39 is 0 Å². The Morgan fingerprint density at radius 2 is 0.778 bits per heavy atom. The molecule has 11 aromatic carbocycles. The van der Waals surface area contributed by atoms with E-state index in [9.17, 15) is 0 Å². The van der Waals surface area contributed by atoms with Gasteiger partial charge in [0.15, 0.2) is 0 Å². The Bertz CT molecular complexity index is 4130. The van der Waals surface area contributed by atoms with Crippen LogP contribution in [0.25, 0.3) is 93.9 Å². The second kappa shape index (κ2) is 15.9. The van der Waals surface area contributed by atoms with Crippen molar-refractivity contribution in [1.82, 2.24) is 4.57 Å². The van der Waals surface area contributed by atoms with Crippen LogP contribution in [-0.4, -0.2) is 4.57 Å². The highest BCUT2D eigenvalue weighted by Crippen LogP contribution is 2.54. The van der Waals surface area contributed by atoms with Crippen molar-refractivity contribution >= 4 is 49.6 Å². The van der Waals surface area contributed by atoms with E-state index in [1.807, 2.05) is 0 Å². The smallest absolute Gasteiger partial charge is 0.0541 e. The van der Waals surface area contributed by atoms with Crippen molar-refractivity contribution in [2.75, 3.05) is 4.90 Å². The van der Waals surface area contributed by atoms with Gasteiger partial charge < -0.3 is 9.47 Å². The van der Waals surface area contributed by atoms with Crippen LogP contribution in [0.3, 0.4) is 0 Å². The molecule has 0 fully saturated rings. The standard InChI is InChI=1S/C70H52N2/c1-69(2)63-23-12-10-20-57(63)59-38-35-53(43-65(59)69)71(51-33-27-48(28-34-51)56-22-14-18-47-17-8-9-19-55(47)56)54-36-39-60-58-37-29-50(42-64(58)70(3,4)66(60)44-54)49-30-40-68-62(41-49)61-21-11-13-24-67(61)72(68)52-31-25-46(26-32-52)45-15-6-5-7-16-45/h5-44H,1-4H3. The third kappa shape index (κ3) is 6.42. The maximum absolute atomic E-state index is 2.47. The predicted molar refractivity (Wildman–Crippen MR) is 304 cm³/mol. The van der Waals surface area contributed by atoms with E-state index >= 15 is 0 Å². The van der Waals surface area contributed by atoms with Gasteiger partial charge in [-0.2, -0.15) is 0 Å². The molecule has 0 aliphatic heterocycles. The van der Waals surface area contributed by atoms with Crippen LogP contribution in [0.5, 0.6) is 0 Å². The molecule has 0 radical (unpaired) electrons. The number of aromatic nitrogens is 1. The largest absolute Gasteiger partial charge is 0.310 e. The van der Waals surface area contributed by atoms with Crippen LogP contribution in [0.1, 0.15) is 49.9 Å². The third-order valence-electron chi connectivity index (χ3n) is 16.2. The van der Waals surface area contributed by atoms with Gasteiger partial charge in [0.25, 0.3) is 0 Å². The molecule has 72 heavy (non-hydrogen) atoms. The molecule has 12 aromatic rings. The first-order chi connectivity index (χ1) is 35.2. The van der Waals surface area contributed by atoms with Gasteiger partial charge >= 0.3 is 0 Å². The lowest BCUT2D eigenvalue weighted by atomic mass is 9.81. The quantitative estimate of drug-likeness (QED) is 0.155. The molecule has 0 atom stereocenters. The van der Waals surface area contributed by atoms with Crippen LogP contribution >= 0.6 is 0 Å². The van der Waals surface area contributed by atoms with Crippen LogP contribution < -0.4 is 4.90 Å². The van der Waals surface area contributed by atoms with Gasteiger partial charge in [0, 0.05) is 44.4 Å². The fraction of sp³-hybridized carbons (Fsp3) is 0.0857. The van der Waals surface area contributed by atoms with E-state index in [1.165, 1.54) is 110 Å². The molecular weight excluding hydrogens is 869 g/mol. The summed E-state index contributed by atoms with van der Waals surface area (Å²) in [4.78, 5) is 2.47. The lowest BCUT2D eigenvalue weighted by Gasteiger charge is -2.30. The van der Waals surface area contributed by atoms with Crippen molar-refractivity contribution in [3.8, 4) is 61.3 Å². The summed E-state index contributed by atoms with van der Waals surface area (Å²) in [6.07, 6.45) is 0. The van der Waals surface area contributed by atoms with Gasteiger partial charge in [-0.3, -0.25) is 0 Å². The van der Waals surface area contributed by atoms with E-state index in [0.29, 0.717) is 0 Å². The van der Waals surface area contributed by atoms with Crippen LogP contribution in [0, 0.1) is 0 Å². The van der Waals surface area contributed by atoms with E-state index in [0.717, 1.165) is 22.7 Å². The minimum absolute atomic E-state index is 0.123. The second-order valence-electron chi connectivity index (χ2n) is 20.9. The number of anilines is 3. The van der Waals surface area contributed by atoms with Gasteiger partial charge in [-0.1, -0.05) is 198 Å². The van der Waals surface area contributed by atoms with Crippen LogP contribution in [-0.2, 0) is 10.8 Å². The third-order valence-corrected chi connectivity index (χ3v) is 16.2. The van der Waals surface area contributed by atoms with Crippen LogP contribution in [0.2, 0.25) is 0 Å². The number of hydrogen-bond acceptors (Lipinski definition) is 1. The summed E-state index contributed by atoms with van der Waals surface area (Å²) >= 11 is 0. The summed E-state index contributed by atoms with van der Waals surface area (Å²) in [6, 6.07) is 90.3. The Hall–Kier alpha value is -8.72. The molecule has 0 spiro atoms. The van der Waals surface area contributed by atoms with Gasteiger partial charge in [-0.05, 0) is 161 Å². The van der Waals surface area contributed by atoms with Crippen LogP contribution in [0.4, 0.5) is 17.1 Å². The Kier molecular flexibility index (Phi) is 9.32. The maximum atomic E-state index is 2.47. The van der Waals surface area contributed by atoms with E-state index in [-0.39, 0.29) is 10.8 Å². The molecule has 2 aliphatic carbocycles. The number of fused-ring (bicyclic) bond motifs is 10. The summed E-state index contributed by atoms with van der Waals surface area (Å²) in [6.45, 7) is 9.56. The van der Waals surface area contributed by atoms with E-state index in [4.69, 9.17) is 0 Å². The molecule has 1 heterocycles. The summed E-state index contributed by atoms with van der Waals surface area (Å²) in [5, 5.41) is 5.03. The monoisotopic (exact) mass is 920 g/mol. The van der Waals surface area contributed by atoms with Crippen molar-refractivity contribution in [1.29, 1.82) is 0 Å². The molecule has 2 aliphatic rings. The predicted octanol–water partition coefficient (Wildman–Crippen LogP) is 19.0. The molecule has 2 nitrogen and oxygen atoms in total. The lowest BCUT2D eigenvalue weighted by Crippen LogP contribution is -2.18. The fourth-order valence-electron chi connectivity index (χ4n) is 12.5. The van der Waals surface area contributed by atoms with Crippen molar-refractivity contribution in [2.45, 2.75) is 38.5 Å². The van der Waals surface area contributed by atoms with E-state index in [1.54, 1.807) is 0 Å². The average Bonchev–Trinajstić information content (AvgIpc) is 3.97. The number of nitrogens with zero attached hydrogens (tertiary/aromatic N) is 2. The minimum Gasteiger partial charge on any atom is -0.310 e. The summed E-state index contributed by atoms with van der Waals surface area (Å²) in [5.74, 6) is 0. The maximum Gasteiger partial charge on any atom is 0.0541 e. The van der Waals surface area contributed by atoms with Gasteiger partial charge in [-0.25, -0.2) is 0 Å². The molecule has 0 unspecified atom stereocenters. The van der Waals surface area contributed by atoms with Crippen LogP contribution in [0.15, 0.2) is 243 Å². The number of benzene rings is 11. The first-order valence-electron chi connectivity index (χ1n) is 25.3. The first-order valence-corrected chi connectivity index (χ1v) is 25.3. The fourth-order valence-corrected chi connectivity index (χ4v) is 12.5. The molecule has 1 aromatic heterocycles. The molecule has 0 N–H and O–H groups in total. The highest BCUT2D eigenvalue weighted by molar-refractivity contribution is 6.10. The Labute approximate surface area is 421 Å². The zero-order chi connectivity index (χ0) is 48.3. The highest BCUT2D eigenvalue weighted by atomic mass is 15.1. The molecular formula is C70H52N2. The summed E-state index contributed by atoms with van der Waals surface area (Å²) in [7, 11) is 0. The summed E-state index contributed by atoms with van der Waals surface area (Å²) in [5.41, 5.74) is 24.7. The van der Waals surface area contributed by atoms with Crippen molar-refractivity contribution in [3.63, 3.8) is 0 Å². The molecule has 14 rings (SSSR count). The topological polar surface area (TPSA) is 8.17 Å². The molecule has 0 saturated heterocycles. The Morgan fingerprint density at radius 3 is 1.53 bits per heavy atom. The summed E-state index contributed by atoms with van der Waals surface area (Å²) < 4.78 is 2.41. The van der Waals surface area contributed by atoms with Gasteiger partial charge in [-0.15, -0.1) is 0 Å². The van der Waals surface area contributed by atoms with Crippen molar-refractivity contribution < 1.29 is 0 Å². The SMILES string of the molecule is CC1(C)c2ccccc2-c2ccc(N(c3ccc(-c4cccc5ccccc45)cc3)c3ccc4c(c3)C(C)(C)c3cc(-c5ccc6c(c5)c5ccccc5n6-c5ccc(-c6ccccc6)cc5)ccc3-4)cc21. The Morgan fingerprint density at radius 1 is 0.292 bits per heavy atom. The minimum atomic E-state index is -0.242. The normalized spacial score (nSPS) is 13.8. The van der Waals surface area contributed by atoms with Crippen molar-refractivity contribution in [3.05, 3.63) is 265 Å². The Balaban J connectivity index is 0.847. The zero-order valence-electron chi connectivity index (χ0n) is 41.0. The molecule has 2 heteroatoms. The average molecular weight is 921 g/mol. The van der Waals surface area contributed by atoms with Crippen molar-refractivity contribution in [2.24, 2.45) is 0 Å². The number of rotatable bonds is 7. The van der Waals surface area contributed by atoms with Gasteiger partial charge in [0.2, 0.25) is 0 Å². The molecule has 342 valence electrons. The first kappa shape index (κ1) is 42.2. The van der Waals surface area contributed by atoms with Gasteiger partial charge in [0.1, 0.15) is 0 Å². The molecule has 0 amide bonds. The van der Waals surface area contributed by atoms with E-state index in [2.05, 4.69) is 280 Å². The molecule has 0 bridgehead atoms. The lowest BCUT2D eigenvalue weighted by molar-refractivity contribution is 0.660. The number of para-hydroxylation sites is 1. The highest BCUT2D eigenvalue weighted by Gasteiger charge is 2.38.